The van der Waals surface area contributed by atoms with Crippen molar-refractivity contribution < 1.29 is 23.1 Å². The van der Waals surface area contributed by atoms with Crippen LogP contribution in [0.15, 0.2) is 29.0 Å². The van der Waals surface area contributed by atoms with Crippen LogP contribution in [0.4, 0.5) is 19.3 Å². The first-order valence-corrected chi connectivity index (χ1v) is 9.34. The summed E-state index contributed by atoms with van der Waals surface area (Å²) in [7, 11) is 1.17. The molecule has 0 spiro atoms. The van der Waals surface area contributed by atoms with E-state index < -0.39 is 23.4 Å². The number of thiophene rings is 1. The molecule has 0 aliphatic carbocycles. The lowest BCUT2D eigenvalue weighted by Crippen LogP contribution is -2.39. The summed E-state index contributed by atoms with van der Waals surface area (Å²) >= 11 is 1.46. The Balaban J connectivity index is 1.62. The summed E-state index contributed by atoms with van der Waals surface area (Å²) in [6.07, 6.45) is 0.620. The average Bonchev–Trinajstić information content (AvgIpc) is 3.05. The monoisotopic (exact) mass is 395 g/mol. The number of hydrogen-bond donors (Lipinski definition) is 1. The minimum absolute atomic E-state index is 0.00579. The molecule has 3 rings (SSSR count). The van der Waals surface area contributed by atoms with Crippen LogP contribution >= 0.6 is 11.3 Å². The topological polar surface area (TPSA) is 61.9 Å². The Morgan fingerprint density at radius 1 is 1.11 bits per heavy atom. The Bertz CT molecular complexity index is 806. The zero-order valence-electron chi connectivity index (χ0n) is 14.7. The third kappa shape index (κ3) is 4.36. The molecular formula is C18H19F2N3O3S. The number of benzene rings is 1. The van der Waals surface area contributed by atoms with Gasteiger partial charge in [0.05, 0.1) is 12.7 Å². The third-order valence-corrected chi connectivity index (χ3v) is 4.98. The minimum atomic E-state index is -0.892. The summed E-state index contributed by atoms with van der Waals surface area (Å²) in [5.74, 6) is -2.34. The van der Waals surface area contributed by atoms with Crippen LogP contribution in [-0.2, 0) is 0 Å². The van der Waals surface area contributed by atoms with Gasteiger partial charge >= 0.3 is 6.03 Å². The maximum absolute atomic E-state index is 13.8. The molecule has 9 heteroatoms. The lowest BCUT2D eigenvalue weighted by atomic mass is 10.2. The molecule has 0 saturated carbocycles. The fourth-order valence-corrected chi connectivity index (χ4v) is 3.55. The summed E-state index contributed by atoms with van der Waals surface area (Å²) in [4.78, 5) is 28.1. The second kappa shape index (κ2) is 8.34. The van der Waals surface area contributed by atoms with Crippen molar-refractivity contribution in [3.8, 4) is 5.75 Å². The molecule has 0 unspecified atom stereocenters. The van der Waals surface area contributed by atoms with Crippen molar-refractivity contribution in [2.24, 2.45) is 0 Å². The largest absolute Gasteiger partial charge is 0.491 e. The van der Waals surface area contributed by atoms with Crippen molar-refractivity contribution in [2.75, 3.05) is 38.6 Å². The zero-order chi connectivity index (χ0) is 19.4. The number of methoxy groups -OCH3 is 1. The Morgan fingerprint density at radius 2 is 1.78 bits per heavy atom. The maximum Gasteiger partial charge on any atom is 0.321 e. The van der Waals surface area contributed by atoms with Gasteiger partial charge in [-0.1, -0.05) is 0 Å². The molecule has 1 saturated heterocycles. The van der Waals surface area contributed by atoms with Gasteiger partial charge in [-0.15, -0.1) is 0 Å². The first kappa shape index (κ1) is 19.1. The molecule has 1 aliphatic rings. The van der Waals surface area contributed by atoms with E-state index >= 15 is 0 Å². The third-order valence-electron chi connectivity index (χ3n) is 4.29. The van der Waals surface area contributed by atoms with Crippen LogP contribution in [0.25, 0.3) is 0 Å². The number of amides is 3. The van der Waals surface area contributed by atoms with Gasteiger partial charge in [-0.3, -0.25) is 4.79 Å². The van der Waals surface area contributed by atoms with Crippen molar-refractivity contribution in [1.82, 2.24) is 9.80 Å². The van der Waals surface area contributed by atoms with E-state index in [1.54, 1.807) is 16.3 Å². The number of ether oxygens (including phenoxy) is 1. The number of carbonyl (C=O) groups excluding carboxylic acids is 2. The normalized spacial score (nSPS) is 14.6. The van der Waals surface area contributed by atoms with Crippen LogP contribution in [-0.4, -0.2) is 55.0 Å². The van der Waals surface area contributed by atoms with Gasteiger partial charge < -0.3 is 19.9 Å². The first-order valence-electron chi connectivity index (χ1n) is 8.40. The van der Waals surface area contributed by atoms with E-state index in [1.165, 1.54) is 23.3 Å². The lowest BCUT2D eigenvalue weighted by Gasteiger charge is -2.22. The number of anilines is 1. The van der Waals surface area contributed by atoms with Crippen molar-refractivity contribution in [1.29, 1.82) is 0 Å². The van der Waals surface area contributed by atoms with Gasteiger partial charge in [0.2, 0.25) is 0 Å². The summed E-state index contributed by atoms with van der Waals surface area (Å²) < 4.78 is 32.2. The smallest absolute Gasteiger partial charge is 0.321 e. The number of hydrogen-bond acceptors (Lipinski definition) is 4. The van der Waals surface area contributed by atoms with Crippen LogP contribution in [0, 0.1) is 11.6 Å². The van der Waals surface area contributed by atoms with Gasteiger partial charge in [-0.05, 0) is 17.9 Å². The molecule has 1 N–H and O–H groups in total. The van der Waals surface area contributed by atoms with Crippen LogP contribution in [0.5, 0.6) is 5.75 Å². The number of nitrogens with one attached hydrogen (secondary N) is 1. The van der Waals surface area contributed by atoms with Gasteiger partial charge in [0.15, 0.2) is 17.4 Å². The molecule has 1 aliphatic heterocycles. The fraction of sp³-hybridized carbons (Fsp3) is 0.333. The molecule has 3 amide bonds. The minimum Gasteiger partial charge on any atom is -0.491 e. The van der Waals surface area contributed by atoms with Gasteiger partial charge in [0, 0.05) is 49.4 Å². The number of rotatable bonds is 3. The highest BCUT2D eigenvalue weighted by molar-refractivity contribution is 7.08. The molecule has 0 atom stereocenters. The molecule has 2 heterocycles. The first-order chi connectivity index (χ1) is 13.0. The van der Waals surface area contributed by atoms with E-state index in [2.05, 4.69) is 10.1 Å². The average molecular weight is 395 g/mol. The molecule has 2 aromatic rings. The highest BCUT2D eigenvalue weighted by Crippen LogP contribution is 2.25. The molecule has 144 valence electrons. The van der Waals surface area contributed by atoms with E-state index in [-0.39, 0.29) is 11.6 Å². The molecule has 27 heavy (non-hydrogen) atoms. The van der Waals surface area contributed by atoms with Gasteiger partial charge in [0.1, 0.15) is 0 Å². The second-order valence-electron chi connectivity index (χ2n) is 6.05. The Kier molecular flexibility index (Phi) is 5.90. The Labute approximate surface area is 159 Å². The number of halogens is 2. The summed E-state index contributed by atoms with van der Waals surface area (Å²) in [5, 5.41) is 6.13. The highest BCUT2D eigenvalue weighted by Gasteiger charge is 2.23. The lowest BCUT2D eigenvalue weighted by molar-refractivity contribution is 0.0763. The van der Waals surface area contributed by atoms with Gasteiger partial charge in [0.25, 0.3) is 5.91 Å². The van der Waals surface area contributed by atoms with E-state index in [0.717, 1.165) is 12.1 Å². The van der Waals surface area contributed by atoms with E-state index in [1.807, 2.05) is 5.38 Å². The fourth-order valence-electron chi connectivity index (χ4n) is 2.92. The molecule has 1 fully saturated rings. The van der Waals surface area contributed by atoms with E-state index in [9.17, 15) is 18.4 Å². The van der Waals surface area contributed by atoms with Crippen LogP contribution < -0.4 is 10.1 Å². The SMILES string of the molecule is COc1c(F)cc(NC(=O)N2CCCN(C(=O)c3ccsc3)CC2)cc1F. The van der Waals surface area contributed by atoms with Crippen molar-refractivity contribution in [2.45, 2.75) is 6.42 Å². The Hall–Kier alpha value is -2.68. The van der Waals surface area contributed by atoms with Crippen molar-refractivity contribution in [3.63, 3.8) is 0 Å². The summed E-state index contributed by atoms with van der Waals surface area (Å²) in [5.41, 5.74) is 0.647. The quantitative estimate of drug-likeness (QED) is 0.866. The second-order valence-corrected chi connectivity index (χ2v) is 6.83. The standard InChI is InChI=1S/C18H19F2N3O3S/c1-26-16-14(19)9-13(10-15(16)20)21-18(25)23-5-2-4-22(6-7-23)17(24)12-3-8-27-11-12/h3,8-11H,2,4-7H2,1H3,(H,21,25). The maximum atomic E-state index is 13.8. The number of nitrogens with zero attached hydrogens (tertiary/aromatic N) is 2. The molecule has 6 nitrogen and oxygen atoms in total. The van der Waals surface area contributed by atoms with Crippen molar-refractivity contribution >= 4 is 29.0 Å². The van der Waals surface area contributed by atoms with Gasteiger partial charge in [-0.25, -0.2) is 13.6 Å². The number of carbonyl (C=O) groups is 2. The molecule has 0 bridgehead atoms. The summed E-state index contributed by atoms with van der Waals surface area (Å²) in [6.45, 7) is 1.72. The van der Waals surface area contributed by atoms with E-state index in [0.29, 0.717) is 38.2 Å². The highest BCUT2D eigenvalue weighted by atomic mass is 32.1. The summed E-state index contributed by atoms with van der Waals surface area (Å²) in [6, 6.07) is 3.31. The van der Waals surface area contributed by atoms with E-state index in [4.69, 9.17) is 0 Å². The Morgan fingerprint density at radius 3 is 2.41 bits per heavy atom. The van der Waals surface area contributed by atoms with Crippen molar-refractivity contribution in [3.05, 3.63) is 46.2 Å². The number of urea groups is 1. The van der Waals surface area contributed by atoms with Crippen LogP contribution in [0.2, 0.25) is 0 Å². The van der Waals surface area contributed by atoms with Crippen LogP contribution in [0.1, 0.15) is 16.8 Å². The molecule has 0 radical (unpaired) electrons. The predicted molar refractivity (Wildman–Crippen MR) is 98.3 cm³/mol. The van der Waals surface area contributed by atoms with Crippen LogP contribution in [0.3, 0.4) is 0 Å². The zero-order valence-corrected chi connectivity index (χ0v) is 15.5. The molecule has 1 aromatic carbocycles. The predicted octanol–water partition coefficient (Wildman–Crippen LogP) is 3.41. The van der Waals surface area contributed by atoms with Gasteiger partial charge in [-0.2, -0.15) is 11.3 Å². The molecule has 1 aromatic heterocycles. The molecular weight excluding hydrogens is 376 g/mol.